The van der Waals surface area contributed by atoms with E-state index in [1.165, 1.54) is 17.9 Å². The van der Waals surface area contributed by atoms with Crippen LogP contribution in [0.4, 0.5) is 4.79 Å². The molecule has 3 atom stereocenters. The predicted octanol–water partition coefficient (Wildman–Crippen LogP) is 5.74. The lowest BCUT2D eigenvalue weighted by molar-refractivity contribution is -0.159. The van der Waals surface area contributed by atoms with Crippen molar-refractivity contribution in [3.05, 3.63) is 65.2 Å². The number of unbranched alkanes of at least 4 members (excludes halogenated alkanes) is 2. The number of phenols is 1. The SMILES string of the molecule is CCCCCN(C(=O)C(C)NC(=O)OC(C)(C)C)C(C(=O)NC(Cc1ccccc1)C(=O)OC(C)(C)C)c1ccc(O)c(C)c1. The Bertz CT molecular complexity index is 1300. The number of benzene rings is 2. The van der Waals surface area contributed by atoms with E-state index in [0.717, 1.165) is 18.4 Å². The zero-order valence-electron chi connectivity index (χ0n) is 28.2. The lowest BCUT2D eigenvalue weighted by atomic mass is 9.98. The number of ether oxygens (including phenoxy) is 2. The van der Waals surface area contributed by atoms with E-state index in [1.54, 1.807) is 60.6 Å². The summed E-state index contributed by atoms with van der Waals surface area (Å²) in [6.45, 7) is 15.9. The van der Waals surface area contributed by atoms with Crippen molar-refractivity contribution >= 4 is 23.9 Å². The summed E-state index contributed by atoms with van der Waals surface area (Å²) in [5.41, 5.74) is 0.209. The average Bonchev–Trinajstić information content (AvgIpc) is 2.92. The summed E-state index contributed by atoms with van der Waals surface area (Å²) in [5.74, 6) is -1.66. The maximum absolute atomic E-state index is 14.3. The largest absolute Gasteiger partial charge is 0.508 e. The van der Waals surface area contributed by atoms with Crippen LogP contribution in [0.15, 0.2) is 48.5 Å². The number of aryl methyl sites for hydroxylation is 1. The Balaban J connectivity index is 2.56. The van der Waals surface area contributed by atoms with Crippen molar-refractivity contribution < 1.29 is 33.8 Å². The van der Waals surface area contributed by atoms with Crippen LogP contribution in [0.3, 0.4) is 0 Å². The minimum absolute atomic E-state index is 0.0393. The molecule has 0 radical (unpaired) electrons. The standard InChI is InChI=1S/C35H51N3O7/c1-10-11-15-20-38(31(41)24(3)36-33(43)45-35(7,8)9)29(26-18-19-28(39)23(2)21-26)30(40)37-27(32(42)44-34(4,5)6)22-25-16-13-12-14-17-25/h12-14,16-19,21,24,27,29,39H,10-11,15,20,22H2,1-9H3,(H,36,43)(H,37,40). The summed E-state index contributed by atoms with van der Waals surface area (Å²) in [6, 6.07) is 10.7. The van der Waals surface area contributed by atoms with Gasteiger partial charge in [-0.1, -0.05) is 56.2 Å². The molecule has 0 spiro atoms. The molecule has 248 valence electrons. The number of carbonyl (C=O) groups excluding carboxylic acids is 4. The number of nitrogens with one attached hydrogen (secondary N) is 2. The Hall–Kier alpha value is -4.08. The molecule has 0 fully saturated rings. The highest BCUT2D eigenvalue weighted by molar-refractivity contribution is 5.94. The van der Waals surface area contributed by atoms with Crippen LogP contribution in [0.1, 0.15) is 97.4 Å². The number of amides is 3. The highest BCUT2D eigenvalue weighted by atomic mass is 16.6. The Morgan fingerprint density at radius 3 is 2.07 bits per heavy atom. The number of phenolic OH excluding ortho intramolecular Hbond substituents is 1. The molecule has 2 rings (SSSR count). The summed E-state index contributed by atoms with van der Waals surface area (Å²) in [4.78, 5) is 55.8. The first-order valence-electron chi connectivity index (χ1n) is 15.6. The van der Waals surface area contributed by atoms with Crippen molar-refractivity contribution in [2.24, 2.45) is 0 Å². The van der Waals surface area contributed by atoms with Crippen molar-refractivity contribution in [1.29, 1.82) is 0 Å². The molecule has 0 saturated heterocycles. The van der Waals surface area contributed by atoms with Crippen LogP contribution >= 0.6 is 0 Å². The zero-order valence-corrected chi connectivity index (χ0v) is 28.2. The van der Waals surface area contributed by atoms with Gasteiger partial charge in [0.05, 0.1) is 0 Å². The minimum Gasteiger partial charge on any atom is -0.508 e. The Morgan fingerprint density at radius 2 is 1.51 bits per heavy atom. The molecule has 0 heterocycles. The number of hydrogen-bond donors (Lipinski definition) is 3. The second-order valence-corrected chi connectivity index (χ2v) is 13.3. The van der Waals surface area contributed by atoms with E-state index in [-0.39, 0.29) is 18.7 Å². The maximum atomic E-state index is 14.3. The van der Waals surface area contributed by atoms with E-state index in [2.05, 4.69) is 10.6 Å². The van der Waals surface area contributed by atoms with Crippen molar-refractivity contribution in [2.75, 3.05) is 6.54 Å². The fourth-order valence-corrected chi connectivity index (χ4v) is 4.68. The normalized spacial score (nSPS) is 13.6. The smallest absolute Gasteiger partial charge is 0.408 e. The topological polar surface area (TPSA) is 134 Å². The molecular weight excluding hydrogens is 574 g/mol. The highest BCUT2D eigenvalue weighted by Gasteiger charge is 2.37. The molecule has 3 N–H and O–H groups in total. The molecule has 2 aromatic carbocycles. The summed E-state index contributed by atoms with van der Waals surface area (Å²) in [6.07, 6.45) is 1.69. The van der Waals surface area contributed by atoms with Crippen LogP contribution < -0.4 is 10.6 Å². The second kappa shape index (κ2) is 16.3. The molecule has 2 aromatic rings. The molecule has 0 aromatic heterocycles. The first-order valence-corrected chi connectivity index (χ1v) is 15.6. The summed E-state index contributed by atoms with van der Waals surface area (Å²) in [5, 5.41) is 15.7. The van der Waals surface area contributed by atoms with Gasteiger partial charge in [0.2, 0.25) is 11.8 Å². The quantitative estimate of drug-likeness (QED) is 0.191. The van der Waals surface area contributed by atoms with Crippen molar-refractivity contribution in [3.63, 3.8) is 0 Å². The molecule has 0 saturated carbocycles. The van der Waals surface area contributed by atoms with Gasteiger partial charge in [-0.25, -0.2) is 9.59 Å². The predicted molar refractivity (Wildman–Crippen MR) is 174 cm³/mol. The summed E-state index contributed by atoms with van der Waals surface area (Å²) < 4.78 is 11.0. The number of rotatable bonds is 13. The van der Waals surface area contributed by atoms with Gasteiger partial charge in [-0.05, 0) is 90.6 Å². The molecule has 0 aliphatic heterocycles. The van der Waals surface area contributed by atoms with Gasteiger partial charge < -0.3 is 30.1 Å². The monoisotopic (exact) mass is 625 g/mol. The molecular formula is C35H51N3O7. The molecule has 3 unspecified atom stereocenters. The third kappa shape index (κ3) is 12.4. The van der Waals surface area contributed by atoms with Crippen molar-refractivity contribution in [3.8, 4) is 5.75 Å². The number of alkyl carbamates (subject to hydrolysis) is 1. The Morgan fingerprint density at radius 1 is 0.889 bits per heavy atom. The fraction of sp³-hybridized carbons (Fsp3) is 0.543. The molecule has 0 bridgehead atoms. The van der Waals surface area contributed by atoms with E-state index < -0.39 is 53.2 Å². The number of hydrogen-bond acceptors (Lipinski definition) is 7. The van der Waals surface area contributed by atoms with Crippen LogP contribution in [-0.2, 0) is 30.3 Å². The van der Waals surface area contributed by atoms with Crippen molar-refractivity contribution in [1.82, 2.24) is 15.5 Å². The number of esters is 1. The molecule has 0 aliphatic carbocycles. The van der Waals surface area contributed by atoms with Crippen molar-refractivity contribution in [2.45, 2.75) is 117 Å². The van der Waals surface area contributed by atoms with Gasteiger partial charge in [0, 0.05) is 13.0 Å². The van der Waals surface area contributed by atoms with Crippen LogP contribution in [-0.4, -0.2) is 63.7 Å². The molecule has 3 amide bonds. The van der Waals surface area contributed by atoms with E-state index in [0.29, 0.717) is 17.5 Å². The number of aromatic hydroxyl groups is 1. The minimum atomic E-state index is -1.18. The van der Waals surface area contributed by atoms with E-state index in [9.17, 15) is 24.3 Å². The first kappa shape index (κ1) is 37.1. The fourth-order valence-electron chi connectivity index (χ4n) is 4.68. The van der Waals surface area contributed by atoms with Crippen LogP contribution in [0.25, 0.3) is 0 Å². The Kier molecular flexibility index (Phi) is 13.4. The van der Waals surface area contributed by atoms with Gasteiger partial charge in [-0.15, -0.1) is 0 Å². The average molecular weight is 626 g/mol. The zero-order chi connectivity index (χ0) is 33.9. The van der Waals surface area contributed by atoms with E-state index in [1.807, 2.05) is 37.3 Å². The van der Waals surface area contributed by atoms with Gasteiger partial charge in [0.15, 0.2) is 0 Å². The highest BCUT2D eigenvalue weighted by Crippen LogP contribution is 2.28. The summed E-state index contributed by atoms with van der Waals surface area (Å²) >= 11 is 0. The number of carbonyl (C=O) groups is 4. The maximum Gasteiger partial charge on any atom is 0.408 e. The Labute approximate surface area is 267 Å². The first-order chi connectivity index (χ1) is 20.9. The van der Waals surface area contributed by atoms with E-state index >= 15 is 0 Å². The van der Waals surface area contributed by atoms with Gasteiger partial charge in [-0.2, -0.15) is 0 Å². The lowest BCUT2D eigenvalue weighted by Gasteiger charge is -2.35. The second-order valence-electron chi connectivity index (χ2n) is 13.3. The molecule has 45 heavy (non-hydrogen) atoms. The third-order valence-corrected chi connectivity index (χ3v) is 6.78. The van der Waals surface area contributed by atoms with Gasteiger partial charge in [0.25, 0.3) is 0 Å². The lowest BCUT2D eigenvalue weighted by Crippen LogP contribution is -2.54. The molecule has 0 aliphatic rings. The van der Waals surface area contributed by atoms with Gasteiger partial charge in [-0.3, -0.25) is 9.59 Å². The molecule has 10 nitrogen and oxygen atoms in total. The van der Waals surface area contributed by atoms with Crippen LogP contribution in [0, 0.1) is 6.92 Å². The third-order valence-electron chi connectivity index (χ3n) is 6.78. The number of nitrogens with zero attached hydrogens (tertiary/aromatic N) is 1. The van der Waals surface area contributed by atoms with Crippen LogP contribution in [0.5, 0.6) is 5.75 Å². The van der Waals surface area contributed by atoms with Gasteiger partial charge in [0.1, 0.15) is 35.1 Å². The van der Waals surface area contributed by atoms with E-state index in [4.69, 9.17) is 9.47 Å². The van der Waals surface area contributed by atoms with Crippen LogP contribution in [0.2, 0.25) is 0 Å². The molecule has 10 heteroatoms. The summed E-state index contributed by atoms with van der Waals surface area (Å²) in [7, 11) is 0. The van der Waals surface area contributed by atoms with Gasteiger partial charge >= 0.3 is 12.1 Å².